The zero-order valence-corrected chi connectivity index (χ0v) is 9.15. The van der Waals surface area contributed by atoms with Gasteiger partial charge in [0.25, 0.3) is 0 Å². The minimum absolute atomic E-state index is 0.293. The molecule has 0 saturated heterocycles. The maximum absolute atomic E-state index is 10.1. The quantitative estimate of drug-likeness (QED) is 0.824. The Morgan fingerprint density at radius 3 is 2.33 bits per heavy atom. The van der Waals surface area contributed by atoms with Crippen molar-refractivity contribution in [3.63, 3.8) is 0 Å². The van der Waals surface area contributed by atoms with Gasteiger partial charge in [-0.15, -0.1) is 0 Å². The molecule has 82 valence electrons. The van der Waals surface area contributed by atoms with Gasteiger partial charge in [0.1, 0.15) is 5.75 Å². The van der Waals surface area contributed by atoms with Crippen LogP contribution in [0.3, 0.4) is 0 Å². The molecule has 0 aliphatic heterocycles. The van der Waals surface area contributed by atoms with E-state index >= 15 is 0 Å². The molecule has 1 saturated carbocycles. The van der Waals surface area contributed by atoms with Crippen LogP contribution in [0.25, 0.3) is 0 Å². The van der Waals surface area contributed by atoms with Gasteiger partial charge in [-0.1, -0.05) is 25.0 Å². The zero-order chi connectivity index (χ0) is 10.7. The number of aliphatic hydroxyl groups excluding tert-OH is 1. The highest BCUT2D eigenvalue weighted by molar-refractivity contribution is 5.28. The number of ether oxygens (including phenoxy) is 1. The molecule has 0 heterocycles. The Balaban J connectivity index is 2.07. The van der Waals surface area contributed by atoms with E-state index < -0.39 is 0 Å². The van der Waals surface area contributed by atoms with E-state index in [-0.39, 0.29) is 6.10 Å². The Hall–Kier alpha value is -1.02. The number of rotatable bonds is 3. The van der Waals surface area contributed by atoms with Crippen LogP contribution >= 0.6 is 0 Å². The Morgan fingerprint density at radius 2 is 1.80 bits per heavy atom. The Labute approximate surface area is 90.9 Å². The molecule has 1 fully saturated rings. The predicted octanol–water partition coefficient (Wildman–Crippen LogP) is 2.92. The van der Waals surface area contributed by atoms with E-state index in [0.29, 0.717) is 5.92 Å². The molecule has 0 unspecified atom stereocenters. The Morgan fingerprint density at radius 1 is 1.20 bits per heavy atom. The standard InChI is InChI=1S/C13H18O2/c1-15-12-8-6-11(7-9-12)13(14)10-4-2-3-5-10/h6-10,13-14H,2-5H2,1H3/t13-/m1/s1. The topological polar surface area (TPSA) is 29.5 Å². The molecule has 0 aromatic heterocycles. The molecule has 1 aliphatic rings. The smallest absolute Gasteiger partial charge is 0.118 e. The second kappa shape index (κ2) is 4.67. The fourth-order valence-electron chi connectivity index (χ4n) is 2.35. The average molecular weight is 206 g/mol. The maximum Gasteiger partial charge on any atom is 0.118 e. The summed E-state index contributed by atoms with van der Waals surface area (Å²) >= 11 is 0. The summed E-state index contributed by atoms with van der Waals surface area (Å²) in [6, 6.07) is 7.74. The van der Waals surface area contributed by atoms with Gasteiger partial charge in [-0.2, -0.15) is 0 Å². The van der Waals surface area contributed by atoms with Gasteiger partial charge in [0.05, 0.1) is 13.2 Å². The van der Waals surface area contributed by atoms with Crippen LogP contribution in [0.4, 0.5) is 0 Å². The van der Waals surface area contributed by atoms with Crippen molar-refractivity contribution in [3.05, 3.63) is 29.8 Å². The highest BCUT2D eigenvalue weighted by atomic mass is 16.5. The molecule has 0 bridgehead atoms. The van der Waals surface area contributed by atoms with E-state index in [1.54, 1.807) is 7.11 Å². The Kier molecular flexibility index (Phi) is 3.27. The molecule has 1 aromatic carbocycles. The van der Waals surface area contributed by atoms with Crippen LogP contribution in [-0.2, 0) is 0 Å². The number of hydrogen-bond donors (Lipinski definition) is 1. The van der Waals surface area contributed by atoms with Gasteiger partial charge in [-0.25, -0.2) is 0 Å². The van der Waals surface area contributed by atoms with E-state index in [1.807, 2.05) is 24.3 Å². The molecule has 15 heavy (non-hydrogen) atoms. The lowest BCUT2D eigenvalue weighted by Gasteiger charge is -2.18. The van der Waals surface area contributed by atoms with Gasteiger partial charge in [-0.05, 0) is 36.5 Å². The summed E-state index contributed by atoms with van der Waals surface area (Å²) in [5, 5.41) is 10.1. The van der Waals surface area contributed by atoms with Crippen molar-refractivity contribution >= 4 is 0 Å². The SMILES string of the molecule is COc1ccc([C@H](O)C2CCCC2)cc1. The summed E-state index contributed by atoms with van der Waals surface area (Å²) < 4.78 is 5.09. The number of methoxy groups -OCH3 is 1. The molecule has 1 N–H and O–H groups in total. The first-order chi connectivity index (χ1) is 7.31. The molecule has 0 radical (unpaired) electrons. The van der Waals surface area contributed by atoms with E-state index in [2.05, 4.69) is 0 Å². The third-order valence-corrected chi connectivity index (χ3v) is 3.30. The van der Waals surface area contributed by atoms with Gasteiger partial charge >= 0.3 is 0 Å². The van der Waals surface area contributed by atoms with E-state index in [0.717, 1.165) is 24.2 Å². The fraction of sp³-hybridized carbons (Fsp3) is 0.538. The van der Waals surface area contributed by atoms with Crippen LogP contribution in [-0.4, -0.2) is 12.2 Å². The average Bonchev–Trinajstić information content (AvgIpc) is 2.82. The molecule has 2 heteroatoms. The van der Waals surface area contributed by atoms with Crippen LogP contribution in [0, 0.1) is 5.92 Å². The minimum Gasteiger partial charge on any atom is -0.497 e. The van der Waals surface area contributed by atoms with Crippen LogP contribution < -0.4 is 4.74 Å². The van der Waals surface area contributed by atoms with Gasteiger partial charge in [0.15, 0.2) is 0 Å². The van der Waals surface area contributed by atoms with Gasteiger partial charge in [0.2, 0.25) is 0 Å². The normalized spacial score (nSPS) is 19.1. The predicted molar refractivity (Wildman–Crippen MR) is 59.9 cm³/mol. The summed E-state index contributed by atoms with van der Waals surface area (Å²) in [4.78, 5) is 0. The summed E-state index contributed by atoms with van der Waals surface area (Å²) in [5.74, 6) is 1.30. The molecule has 2 rings (SSSR count). The minimum atomic E-state index is -0.293. The largest absolute Gasteiger partial charge is 0.497 e. The molecule has 1 aliphatic carbocycles. The van der Waals surface area contributed by atoms with Gasteiger partial charge in [0, 0.05) is 0 Å². The molecule has 0 spiro atoms. The summed E-state index contributed by atoms with van der Waals surface area (Å²) in [5.41, 5.74) is 1.02. The lowest BCUT2D eigenvalue weighted by Crippen LogP contribution is -2.08. The maximum atomic E-state index is 10.1. The van der Waals surface area contributed by atoms with Gasteiger partial charge in [-0.3, -0.25) is 0 Å². The first-order valence-electron chi connectivity index (χ1n) is 5.63. The molecular weight excluding hydrogens is 188 g/mol. The summed E-state index contributed by atoms with van der Waals surface area (Å²) in [6.45, 7) is 0. The van der Waals surface area contributed by atoms with Crippen molar-refractivity contribution in [2.24, 2.45) is 5.92 Å². The van der Waals surface area contributed by atoms with E-state index in [1.165, 1.54) is 12.8 Å². The molecular formula is C13H18O2. The highest BCUT2D eigenvalue weighted by Crippen LogP contribution is 2.35. The van der Waals surface area contributed by atoms with Crippen molar-refractivity contribution in [2.45, 2.75) is 31.8 Å². The molecule has 0 amide bonds. The monoisotopic (exact) mass is 206 g/mol. The first-order valence-corrected chi connectivity index (χ1v) is 5.63. The lowest BCUT2D eigenvalue weighted by atomic mass is 9.94. The number of benzene rings is 1. The molecule has 1 atom stereocenters. The van der Waals surface area contributed by atoms with E-state index in [4.69, 9.17) is 4.74 Å². The molecule has 2 nitrogen and oxygen atoms in total. The van der Waals surface area contributed by atoms with Crippen molar-refractivity contribution in [3.8, 4) is 5.75 Å². The van der Waals surface area contributed by atoms with E-state index in [9.17, 15) is 5.11 Å². The van der Waals surface area contributed by atoms with Crippen molar-refractivity contribution in [1.29, 1.82) is 0 Å². The van der Waals surface area contributed by atoms with Crippen LogP contribution in [0.15, 0.2) is 24.3 Å². The van der Waals surface area contributed by atoms with Crippen LogP contribution in [0.2, 0.25) is 0 Å². The number of aliphatic hydroxyl groups is 1. The third-order valence-electron chi connectivity index (χ3n) is 3.30. The van der Waals surface area contributed by atoms with Crippen LogP contribution in [0.1, 0.15) is 37.4 Å². The highest BCUT2D eigenvalue weighted by Gasteiger charge is 2.24. The Bertz CT molecular complexity index is 299. The fourth-order valence-corrected chi connectivity index (χ4v) is 2.35. The molecule has 1 aromatic rings. The second-order valence-corrected chi connectivity index (χ2v) is 4.26. The summed E-state index contributed by atoms with van der Waals surface area (Å²) in [7, 11) is 1.66. The zero-order valence-electron chi connectivity index (χ0n) is 9.15. The third kappa shape index (κ3) is 2.32. The number of hydrogen-bond acceptors (Lipinski definition) is 2. The van der Waals surface area contributed by atoms with Crippen molar-refractivity contribution in [2.75, 3.05) is 7.11 Å². The van der Waals surface area contributed by atoms with Gasteiger partial charge < -0.3 is 9.84 Å². The van der Waals surface area contributed by atoms with Crippen LogP contribution in [0.5, 0.6) is 5.75 Å². The summed E-state index contributed by atoms with van der Waals surface area (Å²) in [6.07, 6.45) is 4.55. The second-order valence-electron chi connectivity index (χ2n) is 4.26. The first kappa shape index (κ1) is 10.5. The van der Waals surface area contributed by atoms with Crippen molar-refractivity contribution < 1.29 is 9.84 Å². The van der Waals surface area contributed by atoms with Crippen molar-refractivity contribution in [1.82, 2.24) is 0 Å². The lowest BCUT2D eigenvalue weighted by molar-refractivity contribution is 0.111.